The fraction of sp³-hybridized carbons (Fsp3) is 0.125. The summed E-state index contributed by atoms with van der Waals surface area (Å²) in [6.45, 7) is 1.96. The third kappa shape index (κ3) is 3.06. The van der Waals surface area contributed by atoms with Gasteiger partial charge in [-0.3, -0.25) is 4.79 Å². The Morgan fingerprint density at radius 2 is 1.73 bits per heavy atom. The molecule has 0 aliphatic heterocycles. The van der Waals surface area contributed by atoms with Gasteiger partial charge in [0.1, 0.15) is 0 Å². The van der Waals surface area contributed by atoms with E-state index in [1.807, 2.05) is 19.1 Å². The number of carbonyl (C=O) groups excluding carboxylic acids is 1. The van der Waals surface area contributed by atoms with Crippen LogP contribution >= 0.6 is 0 Å². The van der Waals surface area contributed by atoms with Crippen LogP contribution in [-0.2, 0) is 0 Å². The number of rotatable bonds is 1. The van der Waals surface area contributed by atoms with E-state index in [0.29, 0.717) is 5.56 Å². The van der Waals surface area contributed by atoms with Crippen molar-refractivity contribution in [1.29, 1.82) is 0 Å². The van der Waals surface area contributed by atoms with Crippen molar-refractivity contribution in [2.24, 2.45) is 5.73 Å². The minimum absolute atomic E-state index is 0. The van der Waals surface area contributed by atoms with E-state index < -0.39 is 0 Å². The molecule has 3 heteroatoms. The van der Waals surface area contributed by atoms with E-state index in [1.54, 1.807) is 12.1 Å². The van der Waals surface area contributed by atoms with E-state index in [-0.39, 0.29) is 35.5 Å². The molecule has 0 bridgehead atoms. The van der Waals surface area contributed by atoms with Crippen LogP contribution in [0, 0.1) is 6.92 Å². The molecule has 0 aromatic heterocycles. The Labute approximate surface area is 88.1 Å². The maximum atomic E-state index is 10.5. The SMILES string of the molecule is Cc1ccc(C(N)=O)cc1.[Na]. The van der Waals surface area contributed by atoms with Crippen LogP contribution in [0.5, 0.6) is 0 Å². The number of aryl methyl sites for hydroxylation is 1. The maximum absolute atomic E-state index is 10.5. The second kappa shape index (κ2) is 4.54. The molecule has 1 radical (unpaired) electrons. The van der Waals surface area contributed by atoms with Gasteiger partial charge in [-0.2, -0.15) is 0 Å². The molecule has 0 aliphatic rings. The summed E-state index contributed by atoms with van der Waals surface area (Å²) >= 11 is 0. The van der Waals surface area contributed by atoms with Gasteiger partial charge in [-0.25, -0.2) is 0 Å². The average Bonchev–Trinajstić information content (AvgIpc) is 1.88. The van der Waals surface area contributed by atoms with Gasteiger partial charge in [0.05, 0.1) is 0 Å². The largest absolute Gasteiger partial charge is 0.366 e. The topological polar surface area (TPSA) is 43.1 Å². The number of nitrogens with two attached hydrogens (primary N) is 1. The number of hydrogen-bond acceptors (Lipinski definition) is 1. The van der Waals surface area contributed by atoms with E-state index in [1.165, 1.54) is 0 Å². The number of carbonyl (C=O) groups is 1. The van der Waals surface area contributed by atoms with Gasteiger partial charge in [0.15, 0.2) is 0 Å². The van der Waals surface area contributed by atoms with Gasteiger partial charge in [-0.05, 0) is 19.1 Å². The van der Waals surface area contributed by atoms with E-state index >= 15 is 0 Å². The molecule has 1 aromatic carbocycles. The number of hydrogen-bond donors (Lipinski definition) is 1. The zero-order chi connectivity index (χ0) is 7.56. The van der Waals surface area contributed by atoms with E-state index in [2.05, 4.69) is 0 Å². The third-order valence-electron chi connectivity index (χ3n) is 1.34. The number of primary amides is 1. The normalized spacial score (nSPS) is 8.45. The number of amides is 1. The van der Waals surface area contributed by atoms with Crippen LogP contribution < -0.4 is 5.73 Å². The summed E-state index contributed by atoms with van der Waals surface area (Å²) in [5.74, 6) is -0.375. The van der Waals surface area contributed by atoms with E-state index in [9.17, 15) is 4.79 Å². The van der Waals surface area contributed by atoms with Crippen LogP contribution in [0.3, 0.4) is 0 Å². The molecular formula is C8H9NNaO. The fourth-order valence-corrected chi connectivity index (χ4v) is 0.718. The van der Waals surface area contributed by atoms with Crippen LogP contribution in [0.1, 0.15) is 15.9 Å². The third-order valence-corrected chi connectivity index (χ3v) is 1.34. The first-order valence-corrected chi connectivity index (χ1v) is 3.06. The first-order valence-electron chi connectivity index (χ1n) is 3.06. The molecule has 1 rings (SSSR count). The van der Waals surface area contributed by atoms with Crippen molar-refractivity contribution in [3.8, 4) is 0 Å². The Balaban J connectivity index is 0.000001000. The van der Waals surface area contributed by atoms with Crippen molar-refractivity contribution in [1.82, 2.24) is 0 Å². The van der Waals surface area contributed by atoms with Crippen molar-refractivity contribution in [3.05, 3.63) is 35.4 Å². The van der Waals surface area contributed by atoms with Crippen LogP contribution in [0.15, 0.2) is 24.3 Å². The zero-order valence-electron chi connectivity index (χ0n) is 6.79. The quantitative estimate of drug-likeness (QED) is 0.601. The van der Waals surface area contributed by atoms with Gasteiger partial charge in [-0.15, -0.1) is 0 Å². The summed E-state index contributed by atoms with van der Waals surface area (Å²) in [7, 11) is 0. The smallest absolute Gasteiger partial charge is 0.248 e. The first-order chi connectivity index (χ1) is 4.70. The Morgan fingerprint density at radius 1 is 1.27 bits per heavy atom. The number of benzene rings is 1. The minimum atomic E-state index is -0.375. The average molecular weight is 158 g/mol. The second-order valence-corrected chi connectivity index (χ2v) is 2.23. The van der Waals surface area contributed by atoms with Crippen LogP contribution in [-0.4, -0.2) is 35.5 Å². The van der Waals surface area contributed by atoms with Crippen molar-refractivity contribution in [3.63, 3.8) is 0 Å². The molecule has 0 heterocycles. The van der Waals surface area contributed by atoms with E-state index in [4.69, 9.17) is 5.73 Å². The minimum Gasteiger partial charge on any atom is -0.366 e. The van der Waals surface area contributed by atoms with Crippen molar-refractivity contribution < 1.29 is 4.79 Å². The molecule has 11 heavy (non-hydrogen) atoms. The van der Waals surface area contributed by atoms with Crippen molar-refractivity contribution in [2.75, 3.05) is 0 Å². The second-order valence-electron chi connectivity index (χ2n) is 2.23. The molecule has 0 atom stereocenters. The first kappa shape index (κ1) is 10.7. The maximum Gasteiger partial charge on any atom is 0.248 e. The molecule has 0 fully saturated rings. The summed E-state index contributed by atoms with van der Waals surface area (Å²) in [5.41, 5.74) is 6.72. The summed E-state index contributed by atoms with van der Waals surface area (Å²) in [6, 6.07) is 7.16. The Morgan fingerprint density at radius 3 is 2.09 bits per heavy atom. The molecule has 0 unspecified atom stereocenters. The molecule has 0 saturated heterocycles. The molecule has 1 amide bonds. The molecule has 0 aliphatic carbocycles. The Kier molecular flexibility index (Phi) is 4.42. The van der Waals surface area contributed by atoms with Crippen LogP contribution in [0.4, 0.5) is 0 Å². The molecule has 0 spiro atoms. The molecule has 53 valence electrons. The predicted octanol–water partition coefficient (Wildman–Crippen LogP) is 0.713. The van der Waals surface area contributed by atoms with Gasteiger partial charge in [0.2, 0.25) is 5.91 Å². The summed E-state index contributed by atoms with van der Waals surface area (Å²) in [6.07, 6.45) is 0. The fourth-order valence-electron chi connectivity index (χ4n) is 0.718. The predicted molar refractivity (Wildman–Crippen MR) is 45.5 cm³/mol. The standard InChI is InChI=1S/C8H9NO.Na/c1-6-2-4-7(5-3-6)8(9)10;/h2-5H,1H3,(H2,9,10);. The van der Waals surface area contributed by atoms with E-state index in [0.717, 1.165) is 5.56 Å². The summed E-state index contributed by atoms with van der Waals surface area (Å²) < 4.78 is 0. The van der Waals surface area contributed by atoms with Crippen molar-refractivity contribution >= 4 is 35.5 Å². The van der Waals surface area contributed by atoms with Gasteiger partial charge in [0.25, 0.3) is 0 Å². The summed E-state index contributed by atoms with van der Waals surface area (Å²) in [5, 5.41) is 0. The van der Waals surface area contributed by atoms with Crippen LogP contribution in [0.2, 0.25) is 0 Å². The molecule has 2 N–H and O–H groups in total. The monoisotopic (exact) mass is 158 g/mol. The zero-order valence-corrected chi connectivity index (χ0v) is 8.79. The Bertz CT molecular complexity index is 243. The van der Waals surface area contributed by atoms with Gasteiger partial charge in [-0.1, -0.05) is 17.7 Å². The molecule has 1 aromatic rings. The summed E-state index contributed by atoms with van der Waals surface area (Å²) in [4.78, 5) is 10.5. The van der Waals surface area contributed by atoms with Gasteiger partial charge < -0.3 is 5.73 Å². The molecule has 2 nitrogen and oxygen atoms in total. The Hall–Kier alpha value is -0.310. The molecular weight excluding hydrogens is 149 g/mol. The van der Waals surface area contributed by atoms with Crippen molar-refractivity contribution in [2.45, 2.75) is 6.92 Å². The van der Waals surface area contributed by atoms with Gasteiger partial charge >= 0.3 is 0 Å². The molecule has 0 saturated carbocycles. The van der Waals surface area contributed by atoms with Crippen LogP contribution in [0.25, 0.3) is 0 Å². The van der Waals surface area contributed by atoms with Gasteiger partial charge in [0, 0.05) is 35.1 Å².